The Morgan fingerprint density at radius 1 is 1.00 bits per heavy atom. The van der Waals surface area contributed by atoms with Gasteiger partial charge in [0, 0.05) is 6.61 Å². The van der Waals surface area contributed by atoms with E-state index in [-0.39, 0.29) is 6.61 Å². The molecule has 1 atom stereocenters. The van der Waals surface area contributed by atoms with Crippen LogP contribution in [-0.4, -0.2) is 34.6 Å². The monoisotopic (exact) mass is 254 g/mol. The van der Waals surface area contributed by atoms with Gasteiger partial charge in [0.25, 0.3) is 0 Å². The van der Waals surface area contributed by atoms with E-state index in [2.05, 4.69) is 31.2 Å². The highest BCUT2D eigenvalue weighted by Gasteiger charge is 1.92. The van der Waals surface area contributed by atoms with Gasteiger partial charge in [0.2, 0.25) is 0 Å². The molecular weight excluding hydrogens is 228 g/mol. The Hall–Kier alpha value is -0.900. The summed E-state index contributed by atoms with van der Waals surface area (Å²) < 4.78 is 0. The Balaban J connectivity index is 0.000000494. The van der Waals surface area contributed by atoms with E-state index in [9.17, 15) is 0 Å². The molecule has 0 aliphatic rings. The summed E-state index contributed by atoms with van der Waals surface area (Å²) in [6.45, 7) is 3.82. The molecule has 18 heavy (non-hydrogen) atoms. The van der Waals surface area contributed by atoms with Gasteiger partial charge in [0.05, 0.1) is 12.7 Å². The SMILES string of the molecule is CC(O)CO.Cc1ccc(CCCCCO)cc1. The molecule has 3 N–H and O–H groups in total. The molecule has 0 fully saturated rings. The van der Waals surface area contributed by atoms with Gasteiger partial charge in [0.15, 0.2) is 0 Å². The lowest BCUT2D eigenvalue weighted by molar-refractivity contribution is 0.110. The maximum absolute atomic E-state index is 8.60. The van der Waals surface area contributed by atoms with E-state index in [1.165, 1.54) is 24.5 Å². The lowest BCUT2D eigenvalue weighted by atomic mass is 10.1. The van der Waals surface area contributed by atoms with E-state index < -0.39 is 6.10 Å². The predicted octanol–water partition coefficient (Wildman–Crippen LogP) is 2.06. The summed E-state index contributed by atoms with van der Waals surface area (Å²) in [6.07, 6.45) is 3.83. The summed E-state index contributed by atoms with van der Waals surface area (Å²) in [5.74, 6) is 0. The number of unbranched alkanes of at least 4 members (excludes halogenated alkanes) is 2. The van der Waals surface area contributed by atoms with E-state index >= 15 is 0 Å². The van der Waals surface area contributed by atoms with Crippen molar-refractivity contribution < 1.29 is 15.3 Å². The van der Waals surface area contributed by atoms with Crippen LogP contribution in [0.2, 0.25) is 0 Å². The summed E-state index contributed by atoms with van der Waals surface area (Å²) in [5.41, 5.74) is 2.72. The van der Waals surface area contributed by atoms with E-state index in [1.807, 2.05) is 0 Å². The highest BCUT2D eigenvalue weighted by Crippen LogP contribution is 2.07. The average Bonchev–Trinajstić information content (AvgIpc) is 2.37. The molecule has 0 aliphatic carbocycles. The van der Waals surface area contributed by atoms with Crippen LogP contribution in [0.25, 0.3) is 0 Å². The van der Waals surface area contributed by atoms with Gasteiger partial charge in [-0.3, -0.25) is 0 Å². The van der Waals surface area contributed by atoms with Crippen LogP contribution < -0.4 is 0 Å². The van der Waals surface area contributed by atoms with Crippen LogP contribution in [0.4, 0.5) is 0 Å². The van der Waals surface area contributed by atoms with Crippen LogP contribution in [-0.2, 0) is 6.42 Å². The van der Waals surface area contributed by atoms with Crippen LogP contribution in [0.3, 0.4) is 0 Å². The van der Waals surface area contributed by atoms with Crippen LogP contribution in [0, 0.1) is 6.92 Å². The van der Waals surface area contributed by atoms with Crippen LogP contribution in [0.15, 0.2) is 24.3 Å². The summed E-state index contributed by atoms with van der Waals surface area (Å²) in [7, 11) is 0. The summed E-state index contributed by atoms with van der Waals surface area (Å²) in [5, 5.41) is 24.6. The minimum absolute atomic E-state index is 0.139. The fourth-order valence-corrected chi connectivity index (χ4v) is 1.37. The lowest BCUT2D eigenvalue weighted by Crippen LogP contribution is -2.03. The minimum Gasteiger partial charge on any atom is -0.396 e. The highest BCUT2D eigenvalue weighted by atomic mass is 16.3. The fourth-order valence-electron chi connectivity index (χ4n) is 1.37. The Morgan fingerprint density at radius 2 is 1.56 bits per heavy atom. The van der Waals surface area contributed by atoms with Crippen molar-refractivity contribution in [3.8, 4) is 0 Å². The normalized spacial score (nSPS) is 11.6. The minimum atomic E-state index is -0.560. The first-order valence-electron chi connectivity index (χ1n) is 6.55. The summed E-state index contributed by atoms with van der Waals surface area (Å²) in [4.78, 5) is 0. The zero-order chi connectivity index (χ0) is 13.8. The van der Waals surface area contributed by atoms with Crippen molar-refractivity contribution in [3.05, 3.63) is 35.4 Å². The molecule has 1 aromatic rings. The van der Waals surface area contributed by atoms with Crippen LogP contribution >= 0.6 is 0 Å². The number of aliphatic hydroxyl groups excluding tert-OH is 3. The van der Waals surface area contributed by atoms with Gasteiger partial charge in [-0.2, -0.15) is 0 Å². The fraction of sp³-hybridized carbons (Fsp3) is 0.600. The van der Waals surface area contributed by atoms with E-state index in [4.69, 9.17) is 15.3 Å². The van der Waals surface area contributed by atoms with Crippen molar-refractivity contribution in [3.63, 3.8) is 0 Å². The Bertz CT molecular complexity index is 280. The van der Waals surface area contributed by atoms with Crippen molar-refractivity contribution in [2.75, 3.05) is 13.2 Å². The van der Waals surface area contributed by atoms with Crippen molar-refractivity contribution >= 4 is 0 Å². The predicted molar refractivity (Wildman–Crippen MR) is 74.6 cm³/mol. The number of rotatable bonds is 6. The molecule has 0 bridgehead atoms. The Labute approximate surface area is 110 Å². The van der Waals surface area contributed by atoms with Crippen LogP contribution in [0.5, 0.6) is 0 Å². The van der Waals surface area contributed by atoms with Crippen molar-refractivity contribution in [1.29, 1.82) is 0 Å². The third kappa shape index (κ3) is 10.3. The molecule has 0 saturated carbocycles. The molecule has 0 aliphatic heterocycles. The molecule has 0 saturated heterocycles. The van der Waals surface area contributed by atoms with Crippen LogP contribution in [0.1, 0.15) is 37.3 Å². The van der Waals surface area contributed by atoms with Gasteiger partial charge in [0.1, 0.15) is 0 Å². The third-order valence-corrected chi connectivity index (χ3v) is 2.51. The number of aliphatic hydroxyl groups is 3. The molecule has 104 valence electrons. The highest BCUT2D eigenvalue weighted by molar-refractivity contribution is 5.21. The largest absolute Gasteiger partial charge is 0.396 e. The lowest BCUT2D eigenvalue weighted by Gasteiger charge is -2.01. The molecule has 0 amide bonds. The number of hydrogen-bond acceptors (Lipinski definition) is 3. The van der Waals surface area contributed by atoms with E-state index in [0.717, 1.165) is 19.3 Å². The zero-order valence-corrected chi connectivity index (χ0v) is 11.5. The first-order chi connectivity index (χ1) is 8.60. The van der Waals surface area contributed by atoms with Crippen molar-refractivity contribution in [1.82, 2.24) is 0 Å². The first-order valence-corrected chi connectivity index (χ1v) is 6.55. The zero-order valence-electron chi connectivity index (χ0n) is 11.5. The average molecular weight is 254 g/mol. The molecule has 0 heterocycles. The molecule has 0 aromatic heterocycles. The summed E-state index contributed by atoms with van der Waals surface area (Å²) in [6, 6.07) is 8.69. The molecule has 1 rings (SSSR count). The van der Waals surface area contributed by atoms with Crippen molar-refractivity contribution in [2.24, 2.45) is 0 Å². The quantitative estimate of drug-likeness (QED) is 0.681. The Kier molecular flexibility index (Phi) is 10.6. The molecule has 1 aromatic carbocycles. The Morgan fingerprint density at radius 3 is 2.00 bits per heavy atom. The molecule has 3 heteroatoms. The second-order valence-corrected chi connectivity index (χ2v) is 4.55. The van der Waals surface area contributed by atoms with Gasteiger partial charge in [-0.15, -0.1) is 0 Å². The maximum Gasteiger partial charge on any atom is 0.0742 e. The number of aryl methyl sites for hydroxylation is 2. The van der Waals surface area contributed by atoms with E-state index in [0.29, 0.717) is 6.61 Å². The standard InChI is InChI=1S/C12H18O.C3H8O2/c1-11-6-8-12(9-7-11)5-3-2-4-10-13;1-3(5)2-4/h6-9,13H,2-5,10H2,1H3;3-5H,2H2,1H3. The molecular formula is C15H26O3. The first kappa shape index (κ1) is 17.1. The van der Waals surface area contributed by atoms with Gasteiger partial charge in [-0.25, -0.2) is 0 Å². The maximum atomic E-state index is 8.60. The summed E-state index contributed by atoms with van der Waals surface area (Å²) >= 11 is 0. The topological polar surface area (TPSA) is 60.7 Å². The van der Waals surface area contributed by atoms with Gasteiger partial charge in [-0.05, 0) is 38.7 Å². The van der Waals surface area contributed by atoms with E-state index in [1.54, 1.807) is 0 Å². The van der Waals surface area contributed by atoms with Gasteiger partial charge in [-0.1, -0.05) is 36.2 Å². The molecule has 3 nitrogen and oxygen atoms in total. The second kappa shape index (κ2) is 11.2. The number of hydrogen-bond donors (Lipinski definition) is 3. The molecule has 0 radical (unpaired) electrons. The number of benzene rings is 1. The smallest absolute Gasteiger partial charge is 0.0742 e. The van der Waals surface area contributed by atoms with Gasteiger partial charge >= 0.3 is 0 Å². The third-order valence-electron chi connectivity index (χ3n) is 2.51. The molecule has 1 unspecified atom stereocenters. The second-order valence-electron chi connectivity index (χ2n) is 4.55. The molecule has 0 spiro atoms. The van der Waals surface area contributed by atoms with Crippen molar-refractivity contribution in [2.45, 2.75) is 45.6 Å². The van der Waals surface area contributed by atoms with Gasteiger partial charge < -0.3 is 15.3 Å².